The van der Waals surface area contributed by atoms with Gasteiger partial charge in [-0.25, -0.2) is 0 Å². The summed E-state index contributed by atoms with van der Waals surface area (Å²) in [6.07, 6.45) is 3.20. The van der Waals surface area contributed by atoms with Crippen LogP contribution in [0.5, 0.6) is 11.5 Å². The van der Waals surface area contributed by atoms with Crippen LogP contribution in [0.4, 0.5) is 5.69 Å². The SMILES string of the molecule is Cc1ccc(Oc2ccc(NC(=O)C3CCC3)cc2)cc1. The first-order valence-electron chi connectivity index (χ1n) is 7.36. The predicted molar refractivity (Wildman–Crippen MR) is 83.7 cm³/mol. The highest BCUT2D eigenvalue weighted by Gasteiger charge is 2.24. The number of anilines is 1. The number of rotatable bonds is 4. The van der Waals surface area contributed by atoms with Crippen molar-refractivity contribution >= 4 is 11.6 Å². The molecule has 1 aliphatic rings. The van der Waals surface area contributed by atoms with Gasteiger partial charge in [-0.1, -0.05) is 24.1 Å². The van der Waals surface area contributed by atoms with Crippen LogP contribution in [0.2, 0.25) is 0 Å². The number of nitrogens with one attached hydrogen (secondary N) is 1. The molecule has 0 unspecified atom stereocenters. The first-order chi connectivity index (χ1) is 10.2. The number of hydrogen-bond acceptors (Lipinski definition) is 2. The maximum absolute atomic E-state index is 11.9. The number of ether oxygens (including phenoxy) is 1. The Balaban J connectivity index is 1.60. The molecular weight excluding hydrogens is 262 g/mol. The van der Waals surface area contributed by atoms with Crippen LogP contribution < -0.4 is 10.1 Å². The normalized spacial score (nSPS) is 14.3. The first kappa shape index (κ1) is 13.7. The number of carbonyl (C=O) groups excluding carboxylic acids is 1. The van der Waals surface area contributed by atoms with Crippen molar-refractivity contribution < 1.29 is 9.53 Å². The molecule has 0 aliphatic heterocycles. The zero-order chi connectivity index (χ0) is 14.7. The molecule has 0 radical (unpaired) electrons. The highest BCUT2D eigenvalue weighted by molar-refractivity contribution is 5.93. The Morgan fingerprint density at radius 3 is 2.10 bits per heavy atom. The molecule has 0 saturated heterocycles. The van der Waals surface area contributed by atoms with E-state index in [1.807, 2.05) is 55.5 Å². The van der Waals surface area contributed by atoms with E-state index in [1.54, 1.807) is 0 Å². The summed E-state index contributed by atoms with van der Waals surface area (Å²) in [5, 5.41) is 2.95. The van der Waals surface area contributed by atoms with Gasteiger partial charge in [0.05, 0.1) is 0 Å². The van der Waals surface area contributed by atoms with Crippen LogP contribution in [0.25, 0.3) is 0 Å². The van der Waals surface area contributed by atoms with Gasteiger partial charge in [0.15, 0.2) is 0 Å². The number of carbonyl (C=O) groups is 1. The minimum atomic E-state index is 0.133. The van der Waals surface area contributed by atoms with Crippen molar-refractivity contribution in [2.24, 2.45) is 5.92 Å². The van der Waals surface area contributed by atoms with Gasteiger partial charge in [0.2, 0.25) is 5.91 Å². The second-order valence-electron chi connectivity index (χ2n) is 5.56. The minimum absolute atomic E-state index is 0.133. The zero-order valence-corrected chi connectivity index (χ0v) is 12.1. The van der Waals surface area contributed by atoms with Gasteiger partial charge in [0.25, 0.3) is 0 Å². The van der Waals surface area contributed by atoms with Gasteiger partial charge in [-0.15, -0.1) is 0 Å². The molecule has 0 heterocycles. The predicted octanol–water partition coefficient (Wildman–Crippen LogP) is 4.53. The molecule has 3 rings (SSSR count). The van der Waals surface area contributed by atoms with Crippen molar-refractivity contribution in [2.45, 2.75) is 26.2 Å². The number of amides is 1. The first-order valence-corrected chi connectivity index (χ1v) is 7.36. The van der Waals surface area contributed by atoms with E-state index in [1.165, 1.54) is 12.0 Å². The third kappa shape index (κ3) is 3.43. The molecule has 21 heavy (non-hydrogen) atoms. The molecule has 0 atom stereocenters. The third-order valence-corrected chi connectivity index (χ3v) is 3.85. The van der Waals surface area contributed by atoms with Crippen LogP contribution >= 0.6 is 0 Å². The van der Waals surface area contributed by atoms with E-state index in [4.69, 9.17) is 4.74 Å². The summed E-state index contributed by atoms with van der Waals surface area (Å²) >= 11 is 0. The van der Waals surface area contributed by atoms with Gasteiger partial charge in [-0.2, -0.15) is 0 Å². The van der Waals surface area contributed by atoms with Gasteiger partial charge >= 0.3 is 0 Å². The molecule has 108 valence electrons. The molecule has 1 aliphatic carbocycles. The molecule has 0 aromatic heterocycles. The number of hydrogen-bond donors (Lipinski definition) is 1. The fourth-order valence-electron chi connectivity index (χ4n) is 2.26. The van der Waals surface area contributed by atoms with Crippen LogP contribution in [0.15, 0.2) is 48.5 Å². The zero-order valence-electron chi connectivity index (χ0n) is 12.1. The maximum Gasteiger partial charge on any atom is 0.227 e. The Kier molecular flexibility index (Phi) is 3.91. The Morgan fingerprint density at radius 1 is 1.00 bits per heavy atom. The lowest BCUT2D eigenvalue weighted by Gasteiger charge is -2.24. The highest BCUT2D eigenvalue weighted by atomic mass is 16.5. The molecule has 2 aromatic carbocycles. The molecule has 3 nitrogen and oxygen atoms in total. The minimum Gasteiger partial charge on any atom is -0.457 e. The summed E-state index contributed by atoms with van der Waals surface area (Å²) in [6.45, 7) is 2.05. The van der Waals surface area contributed by atoms with Gasteiger partial charge in [-0.3, -0.25) is 4.79 Å². The van der Waals surface area contributed by atoms with Crippen LogP contribution in [0.1, 0.15) is 24.8 Å². The summed E-state index contributed by atoms with van der Waals surface area (Å²) in [5.41, 5.74) is 2.03. The van der Waals surface area contributed by atoms with Gasteiger partial charge in [0.1, 0.15) is 11.5 Å². The van der Waals surface area contributed by atoms with E-state index in [-0.39, 0.29) is 11.8 Å². The summed E-state index contributed by atoms with van der Waals surface area (Å²) < 4.78 is 5.76. The van der Waals surface area contributed by atoms with Crippen molar-refractivity contribution in [2.75, 3.05) is 5.32 Å². The topological polar surface area (TPSA) is 38.3 Å². The Labute approximate surface area is 124 Å². The molecule has 2 aromatic rings. The third-order valence-electron chi connectivity index (χ3n) is 3.85. The van der Waals surface area contributed by atoms with E-state index >= 15 is 0 Å². The molecule has 1 fully saturated rings. The summed E-state index contributed by atoms with van der Waals surface area (Å²) in [6, 6.07) is 15.4. The van der Waals surface area contributed by atoms with E-state index in [0.717, 1.165) is 30.0 Å². The lowest BCUT2D eigenvalue weighted by Crippen LogP contribution is -2.27. The van der Waals surface area contributed by atoms with Gasteiger partial charge < -0.3 is 10.1 Å². The number of benzene rings is 2. The lowest BCUT2D eigenvalue weighted by atomic mass is 9.85. The van der Waals surface area contributed by atoms with Crippen molar-refractivity contribution in [1.29, 1.82) is 0 Å². The molecular formula is C18H19NO2. The second kappa shape index (κ2) is 6.00. The summed E-state index contributed by atoms with van der Waals surface area (Å²) in [4.78, 5) is 11.9. The fraction of sp³-hybridized carbons (Fsp3) is 0.278. The standard InChI is InChI=1S/C18H19NO2/c1-13-5-9-16(10-6-13)21-17-11-7-15(8-12-17)19-18(20)14-3-2-4-14/h5-12,14H,2-4H2,1H3,(H,19,20). The van der Waals surface area contributed by atoms with E-state index in [0.29, 0.717) is 0 Å². The lowest BCUT2D eigenvalue weighted by molar-refractivity contribution is -0.122. The molecule has 1 saturated carbocycles. The quantitative estimate of drug-likeness (QED) is 0.894. The molecule has 1 N–H and O–H groups in total. The molecule has 0 bridgehead atoms. The Morgan fingerprint density at radius 2 is 1.57 bits per heavy atom. The average Bonchev–Trinajstić information content (AvgIpc) is 2.41. The van der Waals surface area contributed by atoms with Gasteiger partial charge in [-0.05, 0) is 56.2 Å². The maximum atomic E-state index is 11.9. The van der Waals surface area contributed by atoms with Crippen molar-refractivity contribution in [1.82, 2.24) is 0 Å². The van der Waals surface area contributed by atoms with Crippen molar-refractivity contribution in [3.8, 4) is 11.5 Å². The highest BCUT2D eigenvalue weighted by Crippen LogP contribution is 2.28. The van der Waals surface area contributed by atoms with Gasteiger partial charge in [0, 0.05) is 11.6 Å². The van der Waals surface area contributed by atoms with Crippen LogP contribution in [-0.2, 0) is 4.79 Å². The van der Waals surface area contributed by atoms with E-state index in [2.05, 4.69) is 5.32 Å². The fourth-order valence-corrected chi connectivity index (χ4v) is 2.26. The Bertz CT molecular complexity index is 613. The monoisotopic (exact) mass is 281 g/mol. The second-order valence-corrected chi connectivity index (χ2v) is 5.56. The Hall–Kier alpha value is -2.29. The molecule has 3 heteroatoms. The average molecular weight is 281 g/mol. The van der Waals surface area contributed by atoms with E-state index in [9.17, 15) is 4.79 Å². The summed E-state index contributed by atoms with van der Waals surface area (Å²) in [5.74, 6) is 1.91. The smallest absolute Gasteiger partial charge is 0.227 e. The largest absolute Gasteiger partial charge is 0.457 e. The van der Waals surface area contributed by atoms with Crippen LogP contribution in [-0.4, -0.2) is 5.91 Å². The summed E-state index contributed by atoms with van der Waals surface area (Å²) in [7, 11) is 0. The molecule has 0 spiro atoms. The van der Waals surface area contributed by atoms with Crippen molar-refractivity contribution in [3.05, 3.63) is 54.1 Å². The van der Waals surface area contributed by atoms with E-state index < -0.39 is 0 Å². The number of aryl methyl sites for hydroxylation is 1. The van der Waals surface area contributed by atoms with Crippen LogP contribution in [0, 0.1) is 12.8 Å². The molecule has 1 amide bonds. The van der Waals surface area contributed by atoms with Crippen molar-refractivity contribution in [3.63, 3.8) is 0 Å². The van der Waals surface area contributed by atoms with Crippen LogP contribution in [0.3, 0.4) is 0 Å².